The van der Waals surface area contributed by atoms with Gasteiger partial charge in [-0.15, -0.1) is 0 Å². The third kappa shape index (κ3) is 4.12. The number of hydrogen-bond acceptors (Lipinski definition) is 5. The van der Waals surface area contributed by atoms with Crippen LogP contribution in [0.15, 0.2) is 42.5 Å². The molecule has 0 atom stereocenters. The molecule has 2 aliphatic heterocycles. The number of anilines is 2. The Bertz CT molecular complexity index is 979. The topological polar surface area (TPSA) is 95.8 Å². The summed E-state index contributed by atoms with van der Waals surface area (Å²) in [6.07, 6.45) is 4.22. The molecular weight excluding hydrogens is 384 g/mol. The zero-order chi connectivity index (χ0) is 21.1. The maximum Gasteiger partial charge on any atom is 0.270 e. The lowest BCUT2D eigenvalue weighted by atomic mass is 10.1. The fraction of sp³-hybridized carbons (Fsp3) is 0.364. The minimum Gasteiger partial charge on any atom is -0.371 e. The molecule has 8 nitrogen and oxygen atoms in total. The van der Waals surface area contributed by atoms with Crippen molar-refractivity contribution in [2.45, 2.75) is 25.7 Å². The Morgan fingerprint density at radius 2 is 1.63 bits per heavy atom. The van der Waals surface area contributed by atoms with E-state index < -0.39 is 10.8 Å². The summed E-state index contributed by atoms with van der Waals surface area (Å²) in [5, 5.41) is 13.7. The first kappa shape index (κ1) is 19.9. The molecule has 1 N–H and O–H groups in total. The molecule has 0 spiro atoms. The highest BCUT2D eigenvalue weighted by atomic mass is 16.6. The molecule has 0 unspecified atom stereocenters. The van der Waals surface area contributed by atoms with Gasteiger partial charge in [0.25, 0.3) is 17.5 Å². The van der Waals surface area contributed by atoms with Crippen LogP contribution < -0.4 is 10.2 Å². The number of carbonyl (C=O) groups is 2. The highest BCUT2D eigenvalue weighted by Gasteiger charge is 2.26. The Morgan fingerprint density at radius 1 is 0.933 bits per heavy atom. The lowest BCUT2D eigenvalue weighted by Gasteiger charge is -2.24. The van der Waals surface area contributed by atoms with Crippen LogP contribution in [0.1, 0.15) is 46.4 Å². The molecule has 2 amide bonds. The molecule has 156 valence electrons. The lowest BCUT2D eigenvalue weighted by molar-refractivity contribution is -0.384. The lowest BCUT2D eigenvalue weighted by Crippen LogP contribution is -2.30. The number of hydrogen-bond donors (Lipinski definition) is 1. The highest BCUT2D eigenvalue weighted by molar-refractivity contribution is 6.06. The fourth-order valence-corrected chi connectivity index (χ4v) is 4.07. The van der Waals surface area contributed by atoms with Crippen molar-refractivity contribution >= 4 is 28.9 Å². The van der Waals surface area contributed by atoms with E-state index in [-0.39, 0.29) is 17.2 Å². The molecule has 2 saturated heterocycles. The number of likely N-dealkylation sites (tertiary alicyclic amines) is 1. The maximum atomic E-state index is 13.2. The van der Waals surface area contributed by atoms with Crippen molar-refractivity contribution in [3.63, 3.8) is 0 Å². The average Bonchev–Trinajstić information content (AvgIpc) is 3.47. The van der Waals surface area contributed by atoms with E-state index in [1.54, 1.807) is 12.1 Å². The van der Waals surface area contributed by atoms with Crippen LogP contribution in [0.4, 0.5) is 17.1 Å². The van der Waals surface area contributed by atoms with Gasteiger partial charge in [-0.1, -0.05) is 6.07 Å². The van der Waals surface area contributed by atoms with Gasteiger partial charge in [0, 0.05) is 55.2 Å². The number of carbonyl (C=O) groups excluding carboxylic acids is 2. The number of non-ortho nitro benzene ring substituents is 1. The second kappa shape index (κ2) is 8.52. The van der Waals surface area contributed by atoms with Crippen molar-refractivity contribution < 1.29 is 14.5 Å². The maximum absolute atomic E-state index is 13.2. The highest BCUT2D eigenvalue weighted by Crippen LogP contribution is 2.30. The van der Waals surface area contributed by atoms with Gasteiger partial charge in [0.2, 0.25) is 0 Å². The number of nitro groups is 1. The van der Waals surface area contributed by atoms with Gasteiger partial charge in [-0.05, 0) is 49.9 Å². The van der Waals surface area contributed by atoms with Gasteiger partial charge >= 0.3 is 0 Å². The van der Waals surface area contributed by atoms with Crippen molar-refractivity contribution in [1.82, 2.24) is 4.90 Å². The van der Waals surface area contributed by atoms with Gasteiger partial charge < -0.3 is 15.1 Å². The normalized spacial score (nSPS) is 16.0. The Labute approximate surface area is 174 Å². The Balaban J connectivity index is 1.61. The van der Waals surface area contributed by atoms with Gasteiger partial charge in [0.05, 0.1) is 10.5 Å². The molecule has 0 saturated carbocycles. The SMILES string of the molecule is O=C(Nc1ccc(N2CCCC2)c(C(=O)N2CCCC2)c1)c1cccc([N+](=O)[O-])c1. The molecule has 0 radical (unpaired) electrons. The number of nitrogens with one attached hydrogen (secondary N) is 1. The smallest absolute Gasteiger partial charge is 0.270 e. The summed E-state index contributed by atoms with van der Waals surface area (Å²) >= 11 is 0. The largest absolute Gasteiger partial charge is 0.371 e. The molecule has 4 rings (SSSR count). The van der Waals surface area contributed by atoms with Crippen molar-refractivity contribution in [3.05, 3.63) is 63.7 Å². The third-order valence-electron chi connectivity index (χ3n) is 5.64. The minimum absolute atomic E-state index is 0.0131. The quantitative estimate of drug-likeness (QED) is 0.601. The standard InChI is InChI=1S/C22H24N4O4/c27-21(16-6-5-7-18(14-16)26(29)30)23-17-8-9-20(24-10-1-2-11-24)19(15-17)22(28)25-12-3-4-13-25/h5-9,14-15H,1-4,10-13H2,(H,23,27). The number of amides is 2. The molecule has 2 fully saturated rings. The molecule has 30 heavy (non-hydrogen) atoms. The molecule has 0 aliphatic carbocycles. The number of nitro benzene ring substituents is 1. The zero-order valence-corrected chi connectivity index (χ0v) is 16.7. The second-order valence-electron chi connectivity index (χ2n) is 7.69. The first-order valence-corrected chi connectivity index (χ1v) is 10.3. The van der Waals surface area contributed by atoms with Crippen LogP contribution in [0.2, 0.25) is 0 Å². The summed E-state index contributed by atoms with van der Waals surface area (Å²) in [6.45, 7) is 3.34. The van der Waals surface area contributed by atoms with E-state index in [0.717, 1.165) is 57.5 Å². The van der Waals surface area contributed by atoms with Gasteiger partial charge in [-0.2, -0.15) is 0 Å². The summed E-state index contributed by atoms with van der Waals surface area (Å²) in [4.78, 5) is 40.3. The van der Waals surface area contributed by atoms with Crippen molar-refractivity contribution in [2.24, 2.45) is 0 Å². The summed E-state index contributed by atoms with van der Waals surface area (Å²) in [6, 6.07) is 11.0. The van der Waals surface area contributed by atoms with Crippen LogP contribution in [-0.4, -0.2) is 47.8 Å². The molecule has 8 heteroatoms. The molecule has 0 aromatic heterocycles. The predicted molar refractivity (Wildman–Crippen MR) is 114 cm³/mol. The van der Waals surface area contributed by atoms with Gasteiger partial charge in [0.1, 0.15) is 0 Å². The summed E-state index contributed by atoms with van der Waals surface area (Å²) in [5.74, 6) is -0.465. The Hall–Kier alpha value is -3.42. The van der Waals surface area contributed by atoms with Crippen LogP contribution in [0.25, 0.3) is 0 Å². The first-order valence-electron chi connectivity index (χ1n) is 10.3. The van der Waals surface area contributed by atoms with Crippen molar-refractivity contribution in [1.29, 1.82) is 0 Å². The van der Waals surface area contributed by atoms with E-state index >= 15 is 0 Å². The Morgan fingerprint density at radius 3 is 2.33 bits per heavy atom. The van der Waals surface area contributed by atoms with E-state index in [4.69, 9.17) is 0 Å². The van der Waals surface area contributed by atoms with Gasteiger partial charge in [-0.3, -0.25) is 19.7 Å². The van der Waals surface area contributed by atoms with E-state index in [9.17, 15) is 19.7 Å². The van der Waals surface area contributed by atoms with Crippen LogP contribution in [0.5, 0.6) is 0 Å². The van der Waals surface area contributed by atoms with E-state index in [1.807, 2.05) is 11.0 Å². The van der Waals surface area contributed by atoms with Gasteiger partial charge in [-0.25, -0.2) is 0 Å². The van der Waals surface area contributed by atoms with Crippen molar-refractivity contribution in [2.75, 3.05) is 36.4 Å². The summed E-state index contributed by atoms with van der Waals surface area (Å²) < 4.78 is 0. The Kier molecular flexibility index (Phi) is 5.65. The molecule has 2 heterocycles. The van der Waals surface area contributed by atoms with E-state index in [2.05, 4.69) is 10.2 Å². The van der Waals surface area contributed by atoms with E-state index in [1.165, 1.54) is 24.3 Å². The van der Waals surface area contributed by atoms with Crippen LogP contribution in [-0.2, 0) is 0 Å². The van der Waals surface area contributed by atoms with Crippen LogP contribution in [0, 0.1) is 10.1 Å². The fourth-order valence-electron chi connectivity index (χ4n) is 4.07. The summed E-state index contributed by atoms with van der Waals surface area (Å²) in [5.41, 5.74) is 2.04. The van der Waals surface area contributed by atoms with E-state index in [0.29, 0.717) is 11.3 Å². The first-order chi connectivity index (χ1) is 14.5. The van der Waals surface area contributed by atoms with Crippen LogP contribution >= 0.6 is 0 Å². The third-order valence-corrected chi connectivity index (χ3v) is 5.64. The second-order valence-corrected chi connectivity index (χ2v) is 7.69. The van der Waals surface area contributed by atoms with Gasteiger partial charge in [0.15, 0.2) is 0 Å². The molecule has 2 aromatic carbocycles. The minimum atomic E-state index is -0.533. The predicted octanol–water partition coefficient (Wildman–Crippen LogP) is 3.68. The molecule has 0 bridgehead atoms. The number of nitrogens with zero attached hydrogens (tertiary/aromatic N) is 3. The average molecular weight is 408 g/mol. The molecular formula is C22H24N4O4. The number of rotatable bonds is 5. The molecule has 2 aromatic rings. The summed E-state index contributed by atoms with van der Waals surface area (Å²) in [7, 11) is 0. The van der Waals surface area contributed by atoms with Crippen LogP contribution in [0.3, 0.4) is 0 Å². The number of benzene rings is 2. The van der Waals surface area contributed by atoms with Crippen molar-refractivity contribution in [3.8, 4) is 0 Å². The molecule has 2 aliphatic rings. The monoisotopic (exact) mass is 408 g/mol. The zero-order valence-electron chi connectivity index (χ0n) is 16.7.